The van der Waals surface area contributed by atoms with Gasteiger partial charge in [-0.1, -0.05) is 18.2 Å². The Morgan fingerprint density at radius 1 is 1.25 bits per heavy atom. The molecule has 0 aliphatic carbocycles. The molecule has 1 fully saturated rings. The van der Waals surface area contributed by atoms with Crippen LogP contribution in [0.4, 0.5) is 0 Å². The van der Waals surface area contributed by atoms with Gasteiger partial charge in [0.05, 0.1) is 6.10 Å². The highest BCUT2D eigenvalue weighted by molar-refractivity contribution is 5.21. The number of hydrogen-bond donors (Lipinski definition) is 1. The number of para-hydroxylation sites is 1. The van der Waals surface area contributed by atoms with Gasteiger partial charge < -0.3 is 10.1 Å². The minimum absolute atomic E-state index is 0.325. The fourth-order valence-electron chi connectivity index (χ4n) is 2.37. The lowest BCUT2D eigenvalue weighted by Gasteiger charge is -2.25. The van der Waals surface area contributed by atoms with Crippen LogP contribution in [0.15, 0.2) is 30.3 Å². The highest BCUT2D eigenvalue weighted by atomic mass is 16.5. The molecule has 0 bridgehead atoms. The molecule has 2 rings (SSSR count). The van der Waals surface area contributed by atoms with Gasteiger partial charge in [0.1, 0.15) is 5.75 Å². The van der Waals surface area contributed by atoms with Crippen LogP contribution in [0.2, 0.25) is 0 Å². The Bertz CT molecular complexity index is 293. The fourth-order valence-corrected chi connectivity index (χ4v) is 2.37. The van der Waals surface area contributed by atoms with Crippen LogP contribution in [0, 0.1) is 5.92 Å². The average Bonchev–Trinajstić information content (AvgIpc) is 2.31. The molecule has 1 aliphatic heterocycles. The number of piperidine rings is 1. The van der Waals surface area contributed by atoms with Crippen LogP contribution in [-0.2, 0) is 0 Å². The van der Waals surface area contributed by atoms with Crippen LogP contribution in [0.1, 0.15) is 26.2 Å². The summed E-state index contributed by atoms with van der Waals surface area (Å²) >= 11 is 0. The molecule has 1 N–H and O–H groups in total. The molecule has 0 aromatic heterocycles. The SMILES string of the molecule is CC(CC1CCNCC1)Oc1ccccc1. The smallest absolute Gasteiger partial charge is 0.119 e. The minimum Gasteiger partial charge on any atom is -0.491 e. The summed E-state index contributed by atoms with van der Waals surface area (Å²) in [4.78, 5) is 0. The van der Waals surface area contributed by atoms with Gasteiger partial charge in [0.15, 0.2) is 0 Å². The maximum atomic E-state index is 5.90. The third-order valence-electron chi connectivity index (χ3n) is 3.20. The van der Waals surface area contributed by atoms with Gasteiger partial charge in [-0.3, -0.25) is 0 Å². The van der Waals surface area contributed by atoms with Gasteiger partial charge in [0.25, 0.3) is 0 Å². The molecule has 16 heavy (non-hydrogen) atoms. The summed E-state index contributed by atoms with van der Waals surface area (Å²) in [5.41, 5.74) is 0. The van der Waals surface area contributed by atoms with E-state index in [-0.39, 0.29) is 0 Å². The molecule has 1 aliphatic rings. The average molecular weight is 219 g/mol. The molecule has 0 amide bonds. The first-order chi connectivity index (χ1) is 7.84. The molecule has 1 heterocycles. The van der Waals surface area contributed by atoms with Crippen molar-refractivity contribution in [2.45, 2.75) is 32.3 Å². The predicted molar refractivity (Wildman–Crippen MR) is 66.7 cm³/mol. The zero-order valence-electron chi connectivity index (χ0n) is 9.99. The molecule has 1 saturated heterocycles. The van der Waals surface area contributed by atoms with E-state index in [2.05, 4.69) is 12.2 Å². The van der Waals surface area contributed by atoms with Gasteiger partial charge in [0.2, 0.25) is 0 Å². The highest BCUT2D eigenvalue weighted by Crippen LogP contribution is 2.21. The van der Waals surface area contributed by atoms with Crippen molar-refractivity contribution in [3.8, 4) is 5.75 Å². The van der Waals surface area contributed by atoms with Crippen molar-refractivity contribution in [1.29, 1.82) is 0 Å². The van der Waals surface area contributed by atoms with E-state index >= 15 is 0 Å². The second-order valence-corrected chi connectivity index (χ2v) is 4.67. The van der Waals surface area contributed by atoms with Crippen molar-refractivity contribution in [2.75, 3.05) is 13.1 Å². The Balaban J connectivity index is 1.77. The van der Waals surface area contributed by atoms with Crippen LogP contribution in [0.3, 0.4) is 0 Å². The lowest BCUT2D eigenvalue weighted by molar-refractivity contribution is 0.171. The number of hydrogen-bond acceptors (Lipinski definition) is 2. The third kappa shape index (κ3) is 3.53. The van der Waals surface area contributed by atoms with Crippen LogP contribution >= 0.6 is 0 Å². The van der Waals surface area contributed by atoms with Crippen molar-refractivity contribution in [3.05, 3.63) is 30.3 Å². The molecule has 2 nitrogen and oxygen atoms in total. The molecule has 2 heteroatoms. The number of benzene rings is 1. The Labute approximate surface area is 98.0 Å². The van der Waals surface area contributed by atoms with E-state index in [1.165, 1.54) is 32.4 Å². The van der Waals surface area contributed by atoms with Crippen molar-refractivity contribution in [1.82, 2.24) is 5.32 Å². The lowest BCUT2D eigenvalue weighted by Crippen LogP contribution is -2.30. The van der Waals surface area contributed by atoms with E-state index in [0.29, 0.717) is 6.10 Å². The predicted octanol–water partition coefficient (Wildman–Crippen LogP) is 2.84. The van der Waals surface area contributed by atoms with Gasteiger partial charge in [0, 0.05) is 0 Å². The normalized spacial score (nSPS) is 19.3. The molecule has 1 unspecified atom stereocenters. The Morgan fingerprint density at radius 3 is 2.62 bits per heavy atom. The quantitative estimate of drug-likeness (QED) is 0.840. The Morgan fingerprint density at radius 2 is 1.94 bits per heavy atom. The molecule has 1 aromatic carbocycles. The van der Waals surface area contributed by atoms with Crippen molar-refractivity contribution >= 4 is 0 Å². The third-order valence-corrected chi connectivity index (χ3v) is 3.20. The molecule has 0 saturated carbocycles. The molecule has 88 valence electrons. The topological polar surface area (TPSA) is 21.3 Å². The summed E-state index contributed by atoms with van der Waals surface area (Å²) in [5.74, 6) is 1.82. The first-order valence-corrected chi connectivity index (χ1v) is 6.27. The van der Waals surface area contributed by atoms with Crippen LogP contribution in [0.25, 0.3) is 0 Å². The first-order valence-electron chi connectivity index (χ1n) is 6.27. The summed E-state index contributed by atoms with van der Waals surface area (Å²) in [6, 6.07) is 10.1. The van der Waals surface area contributed by atoms with Gasteiger partial charge >= 0.3 is 0 Å². The second kappa shape index (κ2) is 5.90. The number of ether oxygens (including phenoxy) is 1. The van der Waals surface area contributed by atoms with E-state index in [9.17, 15) is 0 Å². The van der Waals surface area contributed by atoms with Crippen molar-refractivity contribution in [3.63, 3.8) is 0 Å². The standard InChI is InChI=1S/C14H21NO/c1-12(11-13-7-9-15-10-8-13)16-14-5-3-2-4-6-14/h2-6,12-13,15H,7-11H2,1H3. The fraction of sp³-hybridized carbons (Fsp3) is 0.571. The minimum atomic E-state index is 0.325. The molecule has 1 aromatic rings. The van der Waals surface area contributed by atoms with Gasteiger partial charge in [-0.25, -0.2) is 0 Å². The van der Waals surface area contributed by atoms with E-state index < -0.39 is 0 Å². The number of rotatable bonds is 4. The van der Waals surface area contributed by atoms with Gasteiger partial charge in [-0.05, 0) is 57.3 Å². The van der Waals surface area contributed by atoms with E-state index in [0.717, 1.165) is 11.7 Å². The second-order valence-electron chi connectivity index (χ2n) is 4.67. The summed E-state index contributed by atoms with van der Waals surface area (Å²) in [5, 5.41) is 3.40. The molecule has 1 atom stereocenters. The maximum absolute atomic E-state index is 5.90. The summed E-state index contributed by atoms with van der Waals surface area (Å²) in [7, 11) is 0. The van der Waals surface area contributed by atoms with Crippen LogP contribution in [0.5, 0.6) is 5.75 Å². The van der Waals surface area contributed by atoms with E-state index in [1.54, 1.807) is 0 Å². The van der Waals surface area contributed by atoms with Crippen LogP contribution in [-0.4, -0.2) is 19.2 Å². The molecule has 0 radical (unpaired) electrons. The van der Waals surface area contributed by atoms with E-state index in [1.807, 2.05) is 30.3 Å². The van der Waals surface area contributed by atoms with Gasteiger partial charge in [-0.2, -0.15) is 0 Å². The van der Waals surface area contributed by atoms with Gasteiger partial charge in [-0.15, -0.1) is 0 Å². The monoisotopic (exact) mass is 219 g/mol. The Hall–Kier alpha value is -1.02. The molecule has 0 spiro atoms. The summed E-state index contributed by atoms with van der Waals surface area (Å²) < 4.78 is 5.90. The highest BCUT2D eigenvalue weighted by Gasteiger charge is 2.16. The Kier molecular flexibility index (Phi) is 4.23. The van der Waals surface area contributed by atoms with Crippen molar-refractivity contribution in [2.24, 2.45) is 5.92 Å². The zero-order valence-corrected chi connectivity index (χ0v) is 9.99. The summed E-state index contributed by atoms with van der Waals surface area (Å²) in [6.45, 7) is 4.51. The zero-order chi connectivity index (χ0) is 11.2. The maximum Gasteiger partial charge on any atom is 0.119 e. The van der Waals surface area contributed by atoms with Crippen molar-refractivity contribution < 1.29 is 4.74 Å². The lowest BCUT2D eigenvalue weighted by atomic mass is 9.92. The van der Waals surface area contributed by atoms with E-state index in [4.69, 9.17) is 4.74 Å². The summed E-state index contributed by atoms with van der Waals surface area (Å²) in [6.07, 6.45) is 4.09. The van der Waals surface area contributed by atoms with Crippen LogP contribution < -0.4 is 10.1 Å². The largest absolute Gasteiger partial charge is 0.491 e. The molecular formula is C14H21NO. The first kappa shape index (κ1) is 11.5. The number of nitrogens with one attached hydrogen (secondary N) is 1. The molecular weight excluding hydrogens is 198 g/mol.